The molecule has 1 aliphatic rings. The minimum Gasteiger partial charge on any atom is -0.362 e. The molecule has 0 radical (unpaired) electrons. The summed E-state index contributed by atoms with van der Waals surface area (Å²) in [5.41, 5.74) is 0. The number of halogens is 1. The molecule has 0 aromatic heterocycles. The lowest BCUT2D eigenvalue weighted by molar-refractivity contribution is 0.295. The Morgan fingerprint density at radius 3 is 2.75 bits per heavy atom. The molecular weight excluding hydrogens is 174 g/mol. The molecule has 0 N–H and O–H groups in total. The van der Waals surface area contributed by atoms with Crippen LogP contribution in [0.1, 0.15) is 12.8 Å². The maximum atomic E-state index is 8.30. The molecule has 12 heavy (non-hydrogen) atoms. The third kappa shape index (κ3) is 3.49. The van der Waals surface area contributed by atoms with Crippen molar-refractivity contribution >= 4 is 12.4 Å². The third-order valence-electron chi connectivity index (χ3n) is 1.67. The summed E-state index contributed by atoms with van der Waals surface area (Å²) in [7, 11) is 2.04. The molecule has 1 aliphatic heterocycles. The average Bonchev–Trinajstić information content (AvgIpc) is 2.37. The van der Waals surface area contributed by atoms with Crippen molar-refractivity contribution in [3.05, 3.63) is 12.4 Å². The predicted octanol–water partition coefficient (Wildman–Crippen LogP) is 1.39. The van der Waals surface area contributed by atoms with E-state index in [2.05, 4.69) is 22.1 Å². The molecule has 3 nitrogen and oxygen atoms in total. The van der Waals surface area contributed by atoms with Crippen molar-refractivity contribution in [3.8, 4) is 6.07 Å². The molecule has 4 heteroatoms. The average molecular weight is 188 g/mol. The van der Waals surface area contributed by atoms with Crippen LogP contribution in [0.3, 0.4) is 0 Å². The van der Waals surface area contributed by atoms with E-state index in [1.54, 1.807) is 0 Å². The van der Waals surface area contributed by atoms with Crippen molar-refractivity contribution in [1.82, 2.24) is 9.80 Å². The van der Waals surface area contributed by atoms with Gasteiger partial charge in [-0.05, 0) is 6.42 Å². The highest BCUT2D eigenvalue weighted by molar-refractivity contribution is 5.85. The molecule has 0 saturated carbocycles. The summed E-state index contributed by atoms with van der Waals surface area (Å²) in [6.07, 6.45) is 5.74. The first kappa shape index (κ1) is 11.1. The van der Waals surface area contributed by atoms with E-state index in [9.17, 15) is 0 Å². The standard InChI is InChI=1S/C8H13N3.ClH/c1-10-6-7-11(8-10)5-3-2-4-9;/h6-7H,2-3,5,8H2,1H3;1H. The van der Waals surface area contributed by atoms with Gasteiger partial charge in [0.25, 0.3) is 0 Å². The summed E-state index contributed by atoms with van der Waals surface area (Å²) < 4.78 is 0. The number of hydrogen-bond acceptors (Lipinski definition) is 3. The summed E-state index contributed by atoms with van der Waals surface area (Å²) in [5, 5.41) is 8.30. The van der Waals surface area contributed by atoms with Crippen LogP contribution >= 0.6 is 12.4 Å². The largest absolute Gasteiger partial charge is 0.362 e. The van der Waals surface area contributed by atoms with Gasteiger partial charge in [-0.3, -0.25) is 0 Å². The minimum absolute atomic E-state index is 0. The summed E-state index contributed by atoms with van der Waals surface area (Å²) in [6.45, 7) is 1.96. The van der Waals surface area contributed by atoms with Crippen LogP contribution in [0.15, 0.2) is 12.4 Å². The normalized spacial score (nSPS) is 14.3. The van der Waals surface area contributed by atoms with E-state index in [4.69, 9.17) is 5.26 Å². The Labute approximate surface area is 79.7 Å². The molecule has 0 amide bonds. The number of nitrogens with zero attached hydrogens (tertiary/aromatic N) is 3. The molecule has 0 aliphatic carbocycles. The molecule has 0 unspecified atom stereocenters. The summed E-state index contributed by atoms with van der Waals surface area (Å²) in [5.74, 6) is 0. The van der Waals surface area contributed by atoms with E-state index in [0.717, 1.165) is 19.6 Å². The zero-order valence-electron chi connectivity index (χ0n) is 7.23. The molecule has 0 aromatic carbocycles. The number of unbranched alkanes of at least 4 members (excludes halogenated alkanes) is 1. The van der Waals surface area contributed by atoms with Crippen LogP contribution in [0.5, 0.6) is 0 Å². The second-order valence-corrected chi connectivity index (χ2v) is 2.77. The van der Waals surface area contributed by atoms with Gasteiger partial charge in [0.1, 0.15) is 0 Å². The van der Waals surface area contributed by atoms with Crippen molar-refractivity contribution in [2.45, 2.75) is 12.8 Å². The second-order valence-electron chi connectivity index (χ2n) is 2.77. The summed E-state index contributed by atoms with van der Waals surface area (Å²) in [4.78, 5) is 4.32. The lowest BCUT2D eigenvalue weighted by Crippen LogP contribution is -2.23. The second kappa shape index (κ2) is 5.73. The first-order chi connectivity index (χ1) is 5.33. The highest BCUT2D eigenvalue weighted by atomic mass is 35.5. The maximum Gasteiger partial charge on any atom is 0.0890 e. The van der Waals surface area contributed by atoms with E-state index in [1.807, 2.05) is 13.2 Å². The molecule has 0 saturated heterocycles. The van der Waals surface area contributed by atoms with Crippen LogP contribution in [0.4, 0.5) is 0 Å². The van der Waals surface area contributed by atoms with Crippen LogP contribution in [0, 0.1) is 11.3 Å². The third-order valence-corrected chi connectivity index (χ3v) is 1.67. The van der Waals surface area contributed by atoms with Gasteiger partial charge in [-0.15, -0.1) is 12.4 Å². The lowest BCUT2D eigenvalue weighted by atomic mass is 10.3. The Morgan fingerprint density at radius 1 is 1.50 bits per heavy atom. The first-order valence-corrected chi connectivity index (χ1v) is 3.82. The molecule has 1 heterocycles. The van der Waals surface area contributed by atoms with Crippen molar-refractivity contribution in [2.75, 3.05) is 20.3 Å². The smallest absolute Gasteiger partial charge is 0.0890 e. The van der Waals surface area contributed by atoms with Crippen molar-refractivity contribution < 1.29 is 0 Å². The molecule has 0 aromatic rings. The van der Waals surface area contributed by atoms with Gasteiger partial charge in [0.2, 0.25) is 0 Å². The summed E-state index contributed by atoms with van der Waals surface area (Å²) in [6, 6.07) is 2.14. The molecule has 0 spiro atoms. The van der Waals surface area contributed by atoms with Crippen molar-refractivity contribution in [3.63, 3.8) is 0 Å². The lowest BCUT2D eigenvalue weighted by Gasteiger charge is -2.16. The van der Waals surface area contributed by atoms with Gasteiger partial charge < -0.3 is 9.80 Å². The van der Waals surface area contributed by atoms with Gasteiger partial charge in [0, 0.05) is 32.4 Å². The minimum atomic E-state index is 0. The Hall–Kier alpha value is -0.880. The highest BCUT2D eigenvalue weighted by Gasteiger charge is 2.06. The van der Waals surface area contributed by atoms with E-state index < -0.39 is 0 Å². The van der Waals surface area contributed by atoms with Crippen molar-refractivity contribution in [2.24, 2.45) is 0 Å². The molecule has 0 atom stereocenters. The topological polar surface area (TPSA) is 30.3 Å². The van der Waals surface area contributed by atoms with Crippen LogP contribution in [0.2, 0.25) is 0 Å². The molecule has 0 fully saturated rings. The van der Waals surface area contributed by atoms with Gasteiger partial charge in [0.05, 0.1) is 12.7 Å². The van der Waals surface area contributed by atoms with Crippen molar-refractivity contribution in [1.29, 1.82) is 5.26 Å². The maximum absolute atomic E-state index is 8.30. The number of rotatable bonds is 3. The van der Waals surface area contributed by atoms with Crippen LogP contribution < -0.4 is 0 Å². The van der Waals surface area contributed by atoms with Gasteiger partial charge in [0.15, 0.2) is 0 Å². The quantitative estimate of drug-likeness (QED) is 0.626. The molecule has 0 bridgehead atoms. The number of nitriles is 1. The van der Waals surface area contributed by atoms with Gasteiger partial charge in [-0.25, -0.2) is 0 Å². The summed E-state index contributed by atoms with van der Waals surface area (Å²) >= 11 is 0. The molecular formula is C8H14ClN3. The van der Waals surface area contributed by atoms with E-state index >= 15 is 0 Å². The Morgan fingerprint density at radius 2 is 2.25 bits per heavy atom. The monoisotopic (exact) mass is 187 g/mol. The van der Waals surface area contributed by atoms with Gasteiger partial charge >= 0.3 is 0 Å². The zero-order valence-corrected chi connectivity index (χ0v) is 8.05. The van der Waals surface area contributed by atoms with Gasteiger partial charge in [-0.1, -0.05) is 0 Å². The van der Waals surface area contributed by atoms with E-state index in [0.29, 0.717) is 6.42 Å². The SMILES string of the molecule is CN1C=CN(CCCC#N)C1.Cl. The molecule has 1 rings (SSSR count). The molecule has 68 valence electrons. The highest BCUT2D eigenvalue weighted by Crippen LogP contribution is 2.04. The predicted molar refractivity (Wildman–Crippen MR) is 50.6 cm³/mol. The first-order valence-electron chi connectivity index (χ1n) is 3.82. The van der Waals surface area contributed by atoms with E-state index in [1.165, 1.54) is 0 Å². The fourth-order valence-electron chi connectivity index (χ4n) is 1.10. The van der Waals surface area contributed by atoms with E-state index in [-0.39, 0.29) is 12.4 Å². The Balaban J connectivity index is 0.00000121. The van der Waals surface area contributed by atoms with Crippen LogP contribution in [0.25, 0.3) is 0 Å². The van der Waals surface area contributed by atoms with Crippen LogP contribution in [-0.4, -0.2) is 30.1 Å². The fourth-order valence-corrected chi connectivity index (χ4v) is 1.10. The number of hydrogen-bond donors (Lipinski definition) is 0. The van der Waals surface area contributed by atoms with Gasteiger partial charge in [-0.2, -0.15) is 5.26 Å². The zero-order chi connectivity index (χ0) is 8.10. The van der Waals surface area contributed by atoms with Crippen LogP contribution in [-0.2, 0) is 0 Å². The Bertz CT molecular complexity index is 185. The Kier molecular flexibility index (Phi) is 5.31. The fraction of sp³-hybridized carbons (Fsp3) is 0.625.